The number of halogens is 1. The molecular weight excluding hydrogens is 244 g/mol. The smallest absolute Gasteiger partial charge is 0.0545 e. The molecule has 0 radical (unpaired) electrons. The molecule has 0 saturated carbocycles. The zero-order chi connectivity index (χ0) is 13.0. The van der Waals surface area contributed by atoms with Crippen molar-refractivity contribution in [3.63, 3.8) is 0 Å². The number of rotatable bonds is 4. The molecule has 0 saturated heterocycles. The third kappa shape index (κ3) is 3.31. The standard InChI is InChI=1S/C15H17ClN2/c1-11-6-5-7-13(18-11)10-17-12(2)14-8-3-4-9-15(14)16/h3-9,12,17H,10H2,1-2H3/t12-/m1/s1. The summed E-state index contributed by atoms with van der Waals surface area (Å²) >= 11 is 6.17. The molecule has 2 rings (SSSR count). The Balaban J connectivity index is 2.00. The van der Waals surface area contributed by atoms with E-state index < -0.39 is 0 Å². The van der Waals surface area contributed by atoms with E-state index in [1.807, 2.05) is 49.4 Å². The van der Waals surface area contributed by atoms with Crippen LogP contribution in [0.1, 0.15) is 29.9 Å². The summed E-state index contributed by atoms with van der Waals surface area (Å²) in [7, 11) is 0. The van der Waals surface area contributed by atoms with Crippen molar-refractivity contribution in [2.45, 2.75) is 26.4 Å². The minimum atomic E-state index is 0.209. The molecule has 1 heterocycles. The van der Waals surface area contributed by atoms with Gasteiger partial charge >= 0.3 is 0 Å². The molecular formula is C15H17ClN2. The SMILES string of the molecule is Cc1cccc(CN[C@H](C)c2ccccc2Cl)n1. The lowest BCUT2D eigenvalue weighted by molar-refractivity contribution is 0.567. The second kappa shape index (κ2) is 5.98. The van der Waals surface area contributed by atoms with Crippen molar-refractivity contribution in [1.82, 2.24) is 10.3 Å². The zero-order valence-corrected chi connectivity index (χ0v) is 11.4. The van der Waals surface area contributed by atoms with E-state index in [0.29, 0.717) is 0 Å². The Hall–Kier alpha value is -1.38. The summed E-state index contributed by atoms with van der Waals surface area (Å²) in [5.74, 6) is 0. The molecule has 0 spiro atoms. The average Bonchev–Trinajstić information content (AvgIpc) is 2.37. The Kier molecular flexibility index (Phi) is 4.34. The topological polar surface area (TPSA) is 24.9 Å². The predicted molar refractivity (Wildman–Crippen MR) is 75.7 cm³/mol. The first-order chi connectivity index (χ1) is 8.66. The molecule has 1 aromatic heterocycles. The van der Waals surface area contributed by atoms with E-state index in [0.717, 1.165) is 28.5 Å². The van der Waals surface area contributed by atoms with E-state index in [1.165, 1.54) is 0 Å². The van der Waals surface area contributed by atoms with Gasteiger partial charge in [0.15, 0.2) is 0 Å². The fourth-order valence-corrected chi connectivity index (χ4v) is 2.19. The van der Waals surface area contributed by atoms with E-state index in [9.17, 15) is 0 Å². The lowest BCUT2D eigenvalue weighted by atomic mass is 10.1. The van der Waals surface area contributed by atoms with E-state index in [-0.39, 0.29) is 6.04 Å². The first-order valence-corrected chi connectivity index (χ1v) is 6.45. The molecule has 1 atom stereocenters. The summed E-state index contributed by atoms with van der Waals surface area (Å²) < 4.78 is 0. The molecule has 94 valence electrons. The lowest BCUT2D eigenvalue weighted by Crippen LogP contribution is -2.19. The van der Waals surface area contributed by atoms with Crippen molar-refractivity contribution in [2.24, 2.45) is 0 Å². The Morgan fingerprint density at radius 1 is 1.17 bits per heavy atom. The summed E-state index contributed by atoms with van der Waals surface area (Å²) in [4.78, 5) is 4.47. The molecule has 0 fully saturated rings. The van der Waals surface area contributed by atoms with E-state index in [4.69, 9.17) is 11.6 Å². The Labute approximate surface area is 113 Å². The second-order valence-electron chi connectivity index (χ2n) is 4.39. The van der Waals surface area contributed by atoms with Crippen LogP contribution in [0, 0.1) is 6.92 Å². The number of nitrogens with one attached hydrogen (secondary N) is 1. The van der Waals surface area contributed by atoms with Gasteiger partial charge in [-0.25, -0.2) is 0 Å². The number of hydrogen-bond donors (Lipinski definition) is 1. The van der Waals surface area contributed by atoms with Crippen molar-refractivity contribution in [3.8, 4) is 0 Å². The van der Waals surface area contributed by atoms with E-state index in [2.05, 4.69) is 17.2 Å². The molecule has 0 aliphatic carbocycles. The van der Waals surface area contributed by atoms with Crippen LogP contribution in [0.5, 0.6) is 0 Å². The van der Waals surface area contributed by atoms with Gasteiger partial charge in [-0.1, -0.05) is 35.9 Å². The zero-order valence-electron chi connectivity index (χ0n) is 10.7. The van der Waals surface area contributed by atoms with Gasteiger partial charge in [-0.05, 0) is 37.6 Å². The minimum Gasteiger partial charge on any atom is -0.305 e. The summed E-state index contributed by atoms with van der Waals surface area (Å²) in [5, 5.41) is 4.24. The minimum absolute atomic E-state index is 0.209. The second-order valence-corrected chi connectivity index (χ2v) is 4.80. The van der Waals surface area contributed by atoms with E-state index in [1.54, 1.807) is 0 Å². The molecule has 0 aliphatic heterocycles. The lowest BCUT2D eigenvalue weighted by Gasteiger charge is -2.15. The van der Waals surface area contributed by atoms with Crippen LogP contribution in [-0.2, 0) is 6.54 Å². The summed E-state index contributed by atoms with van der Waals surface area (Å²) in [5.41, 5.74) is 3.21. The normalized spacial score (nSPS) is 12.4. The van der Waals surface area contributed by atoms with E-state index >= 15 is 0 Å². The summed E-state index contributed by atoms with van der Waals surface area (Å²) in [6.07, 6.45) is 0. The first kappa shape index (κ1) is 13.1. The Morgan fingerprint density at radius 3 is 2.67 bits per heavy atom. The number of nitrogens with zero attached hydrogens (tertiary/aromatic N) is 1. The highest BCUT2D eigenvalue weighted by molar-refractivity contribution is 6.31. The highest BCUT2D eigenvalue weighted by atomic mass is 35.5. The molecule has 18 heavy (non-hydrogen) atoms. The van der Waals surface area contributed by atoms with Gasteiger partial charge in [0.1, 0.15) is 0 Å². The highest BCUT2D eigenvalue weighted by Crippen LogP contribution is 2.22. The molecule has 1 N–H and O–H groups in total. The van der Waals surface area contributed by atoms with Gasteiger partial charge in [0, 0.05) is 23.3 Å². The van der Waals surface area contributed by atoms with Crippen molar-refractivity contribution in [1.29, 1.82) is 0 Å². The van der Waals surface area contributed by atoms with Crippen LogP contribution < -0.4 is 5.32 Å². The van der Waals surface area contributed by atoms with Crippen molar-refractivity contribution < 1.29 is 0 Å². The van der Waals surface area contributed by atoms with Crippen LogP contribution in [0.25, 0.3) is 0 Å². The maximum atomic E-state index is 6.17. The molecule has 0 unspecified atom stereocenters. The maximum absolute atomic E-state index is 6.17. The number of aromatic nitrogens is 1. The largest absolute Gasteiger partial charge is 0.305 e. The monoisotopic (exact) mass is 260 g/mol. The number of hydrogen-bond acceptors (Lipinski definition) is 2. The van der Waals surface area contributed by atoms with Crippen molar-refractivity contribution in [3.05, 3.63) is 64.4 Å². The highest BCUT2D eigenvalue weighted by Gasteiger charge is 2.08. The predicted octanol–water partition coefficient (Wildman–Crippen LogP) is 3.89. The van der Waals surface area contributed by atoms with Crippen LogP contribution in [-0.4, -0.2) is 4.98 Å². The fraction of sp³-hybridized carbons (Fsp3) is 0.267. The van der Waals surface area contributed by atoms with Crippen LogP contribution in [0.4, 0.5) is 0 Å². The molecule has 2 aromatic rings. The molecule has 1 aromatic carbocycles. The summed E-state index contributed by atoms with van der Waals surface area (Å²) in [6.45, 7) is 4.85. The van der Waals surface area contributed by atoms with Crippen molar-refractivity contribution in [2.75, 3.05) is 0 Å². The third-order valence-electron chi connectivity index (χ3n) is 2.91. The molecule has 0 bridgehead atoms. The van der Waals surface area contributed by atoms with Gasteiger partial charge in [0.05, 0.1) is 5.69 Å². The molecule has 3 heteroatoms. The number of aryl methyl sites for hydroxylation is 1. The third-order valence-corrected chi connectivity index (χ3v) is 3.25. The van der Waals surface area contributed by atoms with Gasteiger partial charge in [0.2, 0.25) is 0 Å². The van der Waals surface area contributed by atoms with Crippen LogP contribution >= 0.6 is 11.6 Å². The van der Waals surface area contributed by atoms with Crippen molar-refractivity contribution >= 4 is 11.6 Å². The Morgan fingerprint density at radius 2 is 1.94 bits per heavy atom. The molecule has 0 aliphatic rings. The molecule has 2 nitrogen and oxygen atoms in total. The van der Waals surface area contributed by atoms with Crippen LogP contribution in [0.15, 0.2) is 42.5 Å². The maximum Gasteiger partial charge on any atom is 0.0545 e. The van der Waals surface area contributed by atoms with Crippen LogP contribution in [0.2, 0.25) is 5.02 Å². The molecule has 0 amide bonds. The Bertz CT molecular complexity index is 525. The quantitative estimate of drug-likeness (QED) is 0.902. The van der Waals surface area contributed by atoms with Gasteiger partial charge < -0.3 is 5.32 Å². The van der Waals surface area contributed by atoms with Gasteiger partial charge in [-0.15, -0.1) is 0 Å². The first-order valence-electron chi connectivity index (χ1n) is 6.07. The van der Waals surface area contributed by atoms with Crippen LogP contribution in [0.3, 0.4) is 0 Å². The van der Waals surface area contributed by atoms with Gasteiger partial charge in [0.25, 0.3) is 0 Å². The fourth-order valence-electron chi connectivity index (χ4n) is 1.89. The van der Waals surface area contributed by atoms with Gasteiger partial charge in [-0.2, -0.15) is 0 Å². The van der Waals surface area contributed by atoms with Gasteiger partial charge in [-0.3, -0.25) is 4.98 Å². The number of benzene rings is 1. The summed E-state index contributed by atoms with van der Waals surface area (Å²) in [6, 6.07) is 14.2. The average molecular weight is 261 g/mol. The number of pyridine rings is 1.